The maximum atomic E-state index is 12.3. The van der Waals surface area contributed by atoms with Crippen molar-refractivity contribution in [3.05, 3.63) is 29.6 Å². The standard InChI is InChI=1S/C13H19N3O/c1-9-3-4-11(8-15-9)13(17)16-6-5-12(14)7-10(16)2/h3-4,8,10,12H,5-7,14H2,1-2H3. The second kappa shape index (κ2) is 4.84. The van der Waals surface area contributed by atoms with Crippen LogP contribution in [0.25, 0.3) is 0 Å². The fraction of sp³-hybridized carbons (Fsp3) is 0.538. The Labute approximate surface area is 102 Å². The maximum absolute atomic E-state index is 12.3. The predicted octanol–water partition coefficient (Wildman–Crippen LogP) is 1.34. The van der Waals surface area contributed by atoms with Gasteiger partial charge in [0.15, 0.2) is 0 Å². The number of aromatic nitrogens is 1. The lowest BCUT2D eigenvalue weighted by atomic mass is 9.98. The smallest absolute Gasteiger partial charge is 0.255 e. The van der Waals surface area contributed by atoms with E-state index in [9.17, 15) is 4.79 Å². The zero-order chi connectivity index (χ0) is 12.4. The van der Waals surface area contributed by atoms with Gasteiger partial charge in [0.05, 0.1) is 5.56 Å². The summed E-state index contributed by atoms with van der Waals surface area (Å²) < 4.78 is 0. The number of hydrogen-bond acceptors (Lipinski definition) is 3. The third-order valence-corrected chi connectivity index (χ3v) is 3.34. The van der Waals surface area contributed by atoms with Gasteiger partial charge in [-0.15, -0.1) is 0 Å². The molecule has 2 unspecified atom stereocenters. The molecule has 1 saturated heterocycles. The topological polar surface area (TPSA) is 59.2 Å². The number of piperidine rings is 1. The minimum absolute atomic E-state index is 0.0666. The number of carbonyl (C=O) groups excluding carboxylic acids is 1. The summed E-state index contributed by atoms with van der Waals surface area (Å²) in [5.74, 6) is 0.0666. The summed E-state index contributed by atoms with van der Waals surface area (Å²) in [5, 5.41) is 0. The fourth-order valence-corrected chi connectivity index (χ4v) is 2.27. The molecule has 1 aliphatic rings. The number of likely N-dealkylation sites (tertiary alicyclic amines) is 1. The Bertz CT molecular complexity index is 402. The molecule has 4 heteroatoms. The second-order valence-corrected chi connectivity index (χ2v) is 4.82. The van der Waals surface area contributed by atoms with Crippen LogP contribution in [-0.4, -0.2) is 34.4 Å². The van der Waals surface area contributed by atoms with E-state index in [1.54, 1.807) is 6.20 Å². The number of rotatable bonds is 1. The van der Waals surface area contributed by atoms with E-state index in [4.69, 9.17) is 5.73 Å². The molecule has 2 atom stereocenters. The average molecular weight is 233 g/mol. The molecular weight excluding hydrogens is 214 g/mol. The molecule has 0 spiro atoms. The summed E-state index contributed by atoms with van der Waals surface area (Å²) in [7, 11) is 0. The van der Waals surface area contributed by atoms with E-state index < -0.39 is 0 Å². The number of carbonyl (C=O) groups is 1. The van der Waals surface area contributed by atoms with Crippen molar-refractivity contribution >= 4 is 5.91 Å². The molecule has 1 aromatic rings. The fourth-order valence-electron chi connectivity index (χ4n) is 2.27. The molecule has 2 rings (SSSR count). The normalized spacial score (nSPS) is 24.8. The SMILES string of the molecule is Cc1ccc(C(=O)N2CCC(N)CC2C)cn1. The van der Waals surface area contributed by atoms with Gasteiger partial charge in [0.2, 0.25) is 0 Å². The molecule has 4 nitrogen and oxygen atoms in total. The largest absolute Gasteiger partial charge is 0.336 e. The van der Waals surface area contributed by atoms with E-state index in [2.05, 4.69) is 11.9 Å². The van der Waals surface area contributed by atoms with Crippen LogP contribution < -0.4 is 5.73 Å². The van der Waals surface area contributed by atoms with Gasteiger partial charge in [0, 0.05) is 30.5 Å². The highest BCUT2D eigenvalue weighted by molar-refractivity contribution is 5.94. The molecule has 1 amide bonds. The minimum atomic E-state index is 0.0666. The first kappa shape index (κ1) is 12.0. The first-order valence-electron chi connectivity index (χ1n) is 6.07. The van der Waals surface area contributed by atoms with Crippen molar-refractivity contribution in [1.29, 1.82) is 0 Å². The van der Waals surface area contributed by atoms with Crippen LogP contribution in [0.3, 0.4) is 0 Å². The van der Waals surface area contributed by atoms with E-state index in [0.29, 0.717) is 5.56 Å². The van der Waals surface area contributed by atoms with Gasteiger partial charge in [-0.3, -0.25) is 9.78 Å². The summed E-state index contributed by atoms with van der Waals surface area (Å²) in [5.41, 5.74) is 7.49. The van der Waals surface area contributed by atoms with Gasteiger partial charge in [0.1, 0.15) is 0 Å². The van der Waals surface area contributed by atoms with Crippen molar-refractivity contribution in [2.24, 2.45) is 5.73 Å². The number of pyridine rings is 1. The summed E-state index contributed by atoms with van der Waals surface area (Å²) in [6, 6.07) is 4.15. The zero-order valence-corrected chi connectivity index (χ0v) is 10.4. The lowest BCUT2D eigenvalue weighted by Gasteiger charge is -2.36. The molecule has 0 saturated carbocycles. The van der Waals surface area contributed by atoms with Gasteiger partial charge in [-0.05, 0) is 38.8 Å². The van der Waals surface area contributed by atoms with Gasteiger partial charge in [-0.25, -0.2) is 0 Å². The molecule has 17 heavy (non-hydrogen) atoms. The minimum Gasteiger partial charge on any atom is -0.336 e. The van der Waals surface area contributed by atoms with Gasteiger partial charge in [-0.2, -0.15) is 0 Å². The van der Waals surface area contributed by atoms with E-state index in [1.165, 1.54) is 0 Å². The number of hydrogen-bond donors (Lipinski definition) is 1. The van der Waals surface area contributed by atoms with Crippen molar-refractivity contribution in [1.82, 2.24) is 9.88 Å². The Balaban J connectivity index is 2.12. The average Bonchev–Trinajstić information content (AvgIpc) is 2.29. The van der Waals surface area contributed by atoms with Crippen LogP contribution in [0, 0.1) is 6.92 Å². The van der Waals surface area contributed by atoms with Crippen molar-refractivity contribution in [2.75, 3.05) is 6.54 Å². The first-order valence-corrected chi connectivity index (χ1v) is 6.07. The molecule has 2 heterocycles. The quantitative estimate of drug-likeness (QED) is 0.796. The molecule has 1 aliphatic heterocycles. The van der Waals surface area contributed by atoms with Crippen molar-refractivity contribution in [3.8, 4) is 0 Å². The zero-order valence-electron chi connectivity index (χ0n) is 10.4. The van der Waals surface area contributed by atoms with Crippen molar-refractivity contribution in [2.45, 2.75) is 38.8 Å². The second-order valence-electron chi connectivity index (χ2n) is 4.82. The molecular formula is C13H19N3O. The molecule has 1 fully saturated rings. The first-order chi connectivity index (χ1) is 8.08. The van der Waals surface area contributed by atoms with Crippen molar-refractivity contribution < 1.29 is 4.79 Å². The Morgan fingerprint density at radius 1 is 1.53 bits per heavy atom. The molecule has 1 aromatic heterocycles. The predicted molar refractivity (Wildman–Crippen MR) is 66.7 cm³/mol. The molecule has 2 N–H and O–H groups in total. The summed E-state index contributed by atoms with van der Waals surface area (Å²) >= 11 is 0. The molecule has 0 aliphatic carbocycles. The molecule has 92 valence electrons. The molecule has 0 aromatic carbocycles. The number of aryl methyl sites for hydroxylation is 1. The Morgan fingerprint density at radius 2 is 2.29 bits per heavy atom. The van der Waals surface area contributed by atoms with Crippen LogP contribution in [0.4, 0.5) is 0 Å². The van der Waals surface area contributed by atoms with E-state index in [1.807, 2.05) is 24.0 Å². The highest BCUT2D eigenvalue weighted by atomic mass is 16.2. The van der Waals surface area contributed by atoms with E-state index in [0.717, 1.165) is 25.1 Å². The highest BCUT2D eigenvalue weighted by Crippen LogP contribution is 2.18. The summed E-state index contributed by atoms with van der Waals surface area (Å²) in [4.78, 5) is 18.3. The highest BCUT2D eigenvalue weighted by Gasteiger charge is 2.27. The van der Waals surface area contributed by atoms with Crippen LogP contribution in [-0.2, 0) is 0 Å². The monoisotopic (exact) mass is 233 g/mol. The molecule has 0 radical (unpaired) electrons. The number of nitrogens with two attached hydrogens (primary N) is 1. The third kappa shape index (κ3) is 2.64. The summed E-state index contributed by atoms with van der Waals surface area (Å²) in [6.07, 6.45) is 3.42. The van der Waals surface area contributed by atoms with E-state index in [-0.39, 0.29) is 18.0 Å². The number of nitrogens with zero attached hydrogens (tertiary/aromatic N) is 2. The van der Waals surface area contributed by atoms with Gasteiger partial charge in [0.25, 0.3) is 5.91 Å². The van der Waals surface area contributed by atoms with E-state index >= 15 is 0 Å². The lowest BCUT2D eigenvalue weighted by molar-refractivity contribution is 0.0618. The lowest BCUT2D eigenvalue weighted by Crippen LogP contribution is -2.48. The van der Waals surface area contributed by atoms with Crippen LogP contribution in [0.1, 0.15) is 35.8 Å². The number of amides is 1. The van der Waals surface area contributed by atoms with Crippen molar-refractivity contribution in [3.63, 3.8) is 0 Å². The van der Waals surface area contributed by atoms with Crippen LogP contribution >= 0.6 is 0 Å². The summed E-state index contributed by atoms with van der Waals surface area (Å²) in [6.45, 7) is 4.71. The van der Waals surface area contributed by atoms with Gasteiger partial charge < -0.3 is 10.6 Å². The van der Waals surface area contributed by atoms with Crippen LogP contribution in [0.15, 0.2) is 18.3 Å². The Morgan fingerprint density at radius 3 is 2.88 bits per heavy atom. The Kier molecular flexibility index (Phi) is 3.43. The van der Waals surface area contributed by atoms with Crippen LogP contribution in [0.5, 0.6) is 0 Å². The van der Waals surface area contributed by atoms with Crippen LogP contribution in [0.2, 0.25) is 0 Å². The van der Waals surface area contributed by atoms with Gasteiger partial charge in [-0.1, -0.05) is 0 Å². The Hall–Kier alpha value is -1.42. The molecule has 0 bridgehead atoms. The maximum Gasteiger partial charge on any atom is 0.255 e. The third-order valence-electron chi connectivity index (χ3n) is 3.34. The van der Waals surface area contributed by atoms with Gasteiger partial charge >= 0.3 is 0 Å².